The number of fused-ring (bicyclic) bond motifs is 1. The van der Waals surface area contributed by atoms with Crippen LogP contribution in [0.15, 0.2) is 12.1 Å². The molecule has 5 heteroatoms. The molecular formula is C13H15F2NO2. The summed E-state index contributed by atoms with van der Waals surface area (Å²) in [7, 11) is 0. The van der Waals surface area contributed by atoms with Crippen LogP contribution >= 0.6 is 0 Å². The molecule has 1 aromatic rings. The van der Waals surface area contributed by atoms with Crippen LogP contribution in [0.1, 0.15) is 24.5 Å². The molecule has 0 heterocycles. The average molecular weight is 255 g/mol. The highest BCUT2D eigenvalue weighted by Gasteiger charge is 2.24. The van der Waals surface area contributed by atoms with Gasteiger partial charge in [-0.25, -0.2) is 8.78 Å². The van der Waals surface area contributed by atoms with E-state index in [0.29, 0.717) is 30.4 Å². The van der Waals surface area contributed by atoms with Crippen molar-refractivity contribution in [2.45, 2.75) is 38.3 Å². The minimum atomic E-state index is -0.930. The summed E-state index contributed by atoms with van der Waals surface area (Å²) in [5, 5.41) is 11.8. The Morgan fingerprint density at radius 2 is 2.22 bits per heavy atom. The van der Waals surface area contributed by atoms with Crippen molar-refractivity contribution in [2.24, 2.45) is 0 Å². The lowest BCUT2D eigenvalue weighted by atomic mass is 9.87. The van der Waals surface area contributed by atoms with Gasteiger partial charge >= 0.3 is 5.97 Å². The van der Waals surface area contributed by atoms with Crippen molar-refractivity contribution in [3.63, 3.8) is 0 Å². The van der Waals surface area contributed by atoms with E-state index >= 15 is 0 Å². The van der Waals surface area contributed by atoms with Crippen LogP contribution in [-0.4, -0.2) is 23.2 Å². The number of aliphatic carboxylic acids is 1. The van der Waals surface area contributed by atoms with E-state index in [1.807, 2.05) is 0 Å². The molecule has 0 saturated heterocycles. The van der Waals surface area contributed by atoms with Crippen LogP contribution in [0.5, 0.6) is 0 Å². The molecule has 0 amide bonds. The standard InChI is InChI=1S/C13H15F2NO2/c1-7(13(17)18)16-10-3-2-8-4-9(14)5-12(15)11(8)6-10/h4-5,7,10,16H,2-3,6H2,1H3,(H,17,18). The quantitative estimate of drug-likeness (QED) is 0.867. The summed E-state index contributed by atoms with van der Waals surface area (Å²) in [6, 6.07) is 1.49. The zero-order valence-electron chi connectivity index (χ0n) is 10.0. The number of rotatable bonds is 3. The number of hydrogen-bond donors (Lipinski definition) is 2. The summed E-state index contributed by atoms with van der Waals surface area (Å²) in [6.07, 6.45) is 1.65. The zero-order chi connectivity index (χ0) is 13.3. The van der Waals surface area contributed by atoms with Crippen molar-refractivity contribution in [1.82, 2.24) is 5.32 Å². The molecule has 1 aliphatic rings. The van der Waals surface area contributed by atoms with E-state index in [1.165, 1.54) is 6.07 Å². The minimum absolute atomic E-state index is 0.0800. The van der Waals surface area contributed by atoms with Gasteiger partial charge in [0.1, 0.15) is 17.7 Å². The first kappa shape index (κ1) is 13.0. The van der Waals surface area contributed by atoms with Gasteiger partial charge in [0.25, 0.3) is 0 Å². The maximum absolute atomic E-state index is 13.6. The third-order valence-electron chi connectivity index (χ3n) is 3.32. The fourth-order valence-electron chi connectivity index (χ4n) is 2.35. The van der Waals surface area contributed by atoms with Gasteiger partial charge in [0.2, 0.25) is 0 Å². The molecule has 0 radical (unpaired) electrons. The Hall–Kier alpha value is -1.49. The largest absolute Gasteiger partial charge is 0.480 e. The number of nitrogens with one attached hydrogen (secondary N) is 1. The molecule has 98 valence electrons. The van der Waals surface area contributed by atoms with E-state index in [0.717, 1.165) is 6.07 Å². The van der Waals surface area contributed by atoms with E-state index in [-0.39, 0.29) is 6.04 Å². The summed E-state index contributed by atoms with van der Waals surface area (Å²) >= 11 is 0. The molecule has 0 bridgehead atoms. The Morgan fingerprint density at radius 1 is 1.50 bits per heavy atom. The van der Waals surface area contributed by atoms with Crippen LogP contribution in [0.2, 0.25) is 0 Å². The SMILES string of the molecule is CC(NC1CCc2cc(F)cc(F)c2C1)C(=O)O. The molecule has 2 rings (SSSR count). The lowest BCUT2D eigenvalue weighted by Gasteiger charge is -2.27. The van der Waals surface area contributed by atoms with Gasteiger partial charge in [-0.2, -0.15) is 0 Å². The highest BCUT2D eigenvalue weighted by atomic mass is 19.1. The average Bonchev–Trinajstić information content (AvgIpc) is 2.29. The molecule has 0 saturated carbocycles. The second-order valence-electron chi connectivity index (χ2n) is 4.69. The normalized spacial score (nSPS) is 20.3. The van der Waals surface area contributed by atoms with Crippen LogP contribution in [0, 0.1) is 11.6 Å². The first-order valence-corrected chi connectivity index (χ1v) is 5.93. The number of carbonyl (C=O) groups is 1. The number of aryl methyl sites for hydroxylation is 1. The van der Waals surface area contributed by atoms with Crippen LogP contribution < -0.4 is 5.32 Å². The third-order valence-corrected chi connectivity index (χ3v) is 3.32. The first-order valence-electron chi connectivity index (χ1n) is 5.93. The van der Waals surface area contributed by atoms with Gasteiger partial charge in [0.15, 0.2) is 0 Å². The molecule has 2 N–H and O–H groups in total. The molecule has 3 nitrogen and oxygen atoms in total. The van der Waals surface area contributed by atoms with E-state index in [2.05, 4.69) is 5.32 Å². The van der Waals surface area contributed by atoms with E-state index in [1.54, 1.807) is 6.92 Å². The van der Waals surface area contributed by atoms with Crippen LogP contribution in [0.25, 0.3) is 0 Å². The second kappa shape index (κ2) is 5.02. The fraction of sp³-hybridized carbons (Fsp3) is 0.462. The fourth-order valence-corrected chi connectivity index (χ4v) is 2.35. The molecule has 18 heavy (non-hydrogen) atoms. The van der Waals surface area contributed by atoms with E-state index in [9.17, 15) is 13.6 Å². The first-order chi connectivity index (χ1) is 8.47. The summed E-state index contributed by atoms with van der Waals surface area (Å²) in [4.78, 5) is 10.7. The Bertz CT molecular complexity index is 476. The van der Waals surface area contributed by atoms with E-state index in [4.69, 9.17) is 5.11 Å². The number of hydrogen-bond acceptors (Lipinski definition) is 2. The van der Waals surface area contributed by atoms with Gasteiger partial charge in [-0.15, -0.1) is 0 Å². The van der Waals surface area contributed by atoms with Gasteiger partial charge in [-0.05, 0) is 43.4 Å². The molecule has 1 aliphatic carbocycles. The molecular weight excluding hydrogens is 240 g/mol. The summed E-state index contributed by atoms with van der Waals surface area (Å²) in [5.74, 6) is -2.03. The maximum Gasteiger partial charge on any atom is 0.320 e. The number of carboxylic acids is 1. The number of benzene rings is 1. The van der Waals surface area contributed by atoms with Gasteiger partial charge < -0.3 is 10.4 Å². The molecule has 2 unspecified atom stereocenters. The predicted octanol–water partition coefficient (Wildman–Crippen LogP) is 1.88. The molecule has 0 fully saturated rings. The van der Waals surface area contributed by atoms with Crippen LogP contribution in [0.4, 0.5) is 8.78 Å². The predicted molar refractivity (Wildman–Crippen MR) is 62.4 cm³/mol. The van der Waals surface area contributed by atoms with Crippen molar-refractivity contribution in [2.75, 3.05) is 0 Å². The zero-order valence-corrected chi connectivity index (χ0v) is 10.0. The molecule has 2 atom stereocenters. The molecule has 0 aliphatic heterocycles. The van der Waals surface area contributed by atoms with Gasteiger partial charge in [-0.1, -0.05) is 0 Å². The number of carboxylic acid groups (broad SMARTS) is 1. The smallest absolute Gasteiger partial charge is 0.320 e. The maximum atomic E-state index is 13.6. The van der Waals surface area contributed by atoms with Gasteiger partial charge in [0.05, 0.1) is 0 Å². The number of halogens is 2. The summed E-state index contributed by atoms with van der Waals surface area (Å²) < 4.78 is 26.7. The highest BCUT2D eigenvalue weighted by molar-refractivity contribution is 5.72. The summed E-state index contributed by atoms with van der Waals surface area (Å²) in [5.41, 5.74) is 1.19. The van der Waals surface area contributed by atoms with Crippen molar-refractivity contribution in [3.8, 4) is 0 Å². The highest BCUT2D eigenvalue weighted by Crippen LogP contribution is 2.25. The molecule has 0 spiro atoms. The lowest BCUT2D eigenvalue weighted by Crippen LogP contribution is -2.44. The van der Waals surface area contributed by atoms with E-state index < -0.39 is 23.6 Å². The Morgan fingerprint density at radius 3 is 2.89 bits per heavy atom. The van der Waals surface area contributed by atoms with Crippen LogP contribution in [0.3, 0.4) is 0 Å². The van der Waals surface area contributed by atoms with Crippen molar-refractivity contribution < 1.29 is 18.7 Å². The topological polar surface area (TPSA) is 49.3 Å². The van der Waals surface area contributed by atoms with Crippen molar-refractivity contribution >= 4 is 5.97 Å². The minimum Gasteiger partial charge on any atom is -0.480 e. The van der Waals surface area contributed by atoms with Crippen molar-refractivity contribution in [3.05, 3.63) is 34.9 Å². The monoisotopic (exact) mass is 255 g/mol. The Kier molecular flexibility index (Phi) is 3.61. The van der Waals surface area contributed by atoms with Crippen molar-refractivity contribution in [1.29, 1.82) is 0 Å². The van der Waals surface area contributed by atoms with Gasteiger partial charge in [-0.3, -0.25) is 4.79 Å². The van der Waals surface area contributed by atoms with Crippen LogP contribution in [-0.2, 0) is 17.6 Å². The molecule has 0 aromatic heterocycles. The lowest BCUT2D eigenvalue weighted by molar-refractivity contribution is -0.139. The third kappa shape index (κ3) is 2.67. The Balaban J connectivity index is 2.12. The molecule has 1 aromatic carbocycles. The summed E-state index contributed by atoms with van der Waals surface area (Å²) in [6.45, 7) is 1.55. The Labute approximate surface area is 104 Å². The second-order valence-corrected chi connectivity index (χ2v) is 4.69. The van der Waals surface area contributed by atoms with Gasteiger partial charge in [0, 0.05) is 12.1 Å².